The van der Waals surface area contributed by atoms with Crippen LogP contribution < -0.4 is 4.72 Å². The Kier molecular flexibility index (Phi) is 4.04. The second-order valence-corrected chi connectivity index (χ2v) is 7.54. The molecule has 23 heavy (non-hydrogen) atoms. The van der Waals surface area contributed by atoms with Gasteiger partial charge in [-0.1, -0.05) is 23.7 Å². The molecular formula is C16H16ClN3O2S. The summed E-state index contributed by atoms with van der Waals surface area (Å²) < 4.78 is 29.3. The highest BCUT2D eigenvalue weighted by atomic mass is 35.5. The van der Waals surface area contributed by atoms with E-state index >= 15 is 0 Å². The summed E-state index contributed by atoms with van der Waals surface area (Å²) in [7, 11) is -3.54. The lowest BCUT2D eigenvalue weighted by Crippen LogP contribution is -2.15. The topological polar surface area (TPSA) is 63.5 Å². The van der Waals surface area contributed by atoms with Gasteiger partial charge in [-0.2, -0.15) is 0 Å². The molecule has 0 saturated heterocycles. The molecule has 3 aromatic rings. The molecule has 2 aromatic heterocycles. The molecule has 0 atom stereocenters. The van der Waals surface area contributed by atoms with Crippen LogP contribution in [0.25, 0.3) is 5.65 Å². The predicted octanol–water partition coefficient (Wildman–Crippen LogP) is 3.55. The first-order valence-corrected chi connectivity index (χ1v) is 9.08. The molecule has 7 heteroatoms. The van der Waals surface area contributed by atoms with Crippen LogP contribution in [0.1, 0.15) is 17.0 Å². The number of rotatable bonds is 4. The van der Waals surface area contributed by atoms with Crippen LogP contribution in [-0.2, 0) is 15.8 Å². The van der Waals surface area contributed by atoms with Gasteiger partial charge in [0.05, 0.1) is 17.1 Å². The normalized spacial score (nSPS) is 11.8. The van der Waals surface area contributed by atoms with Crippen molar-refractivity contribution in [1.82, 2.24) is 9.38 Å². The number of hydrogen-bond acceptors (Lipinski definition) is 3. The van der Waals surface area contributed by atoms with Crippen LogP contribution in [0.3, 0.4) is 0 Å². The van der Waals surface area contributed by atoms with Crippen LogP contribution >= 0.6 is 11.6 Å². The maximum Gasteiger partial charge on any atom is 0.237 e. The van der Waals surface area contributed by atoms with E-state index in [0.717, 1.165) is 11.4 Å². The molecule has 2 heterocycles. The minimum absolute atomic E-state index is 0.121. The Morgan fingerprint density at radius 2 is 1.87 bits per heavy atom. The number of hydrogen-bond donors (Lipinski definition) is 1. The summed E-state index contributed by atoms with van der Waals surface area (Å²) in [6.07, 6.45) is 1.86. The number of imidazole rings is 1. The van der Waals surface area contributed by atoms with Gasteiger partial charge >= 0.3 is 0 Å². The summed E-state index contributed by atoms with van der Waals surface area (Å²) in [5.41, 5.74) is 3.59. The summed E-state index contributed by atoms with van der Waals surface area (Å²) >= 11 is 5.82. The Morgan fingerprint density at radius 3 is 2.57 bits per heavy atom. The Hall–Kier alpha value is -2.05. The van der Waals surface area contributed by atoms with E-state index in [1.165, 1.54) is 0 Å². The average Bonchev–Trinajstić information content (AvgIpc) is 2.78. The van der Waals surface area contributed by atoms with Crippen LogP contribution in [0.5, 0.6) is 0 Å². The van der Waals surface area contributed by atoms with E-state index in [2.05, 4.69) is 9.71 Å². The van der Waals surface area contributed by atoms with Gasteiger partial charge in [0, 0.05) is 16.9 Å². The second kappa shape index (κ2) is 5.86. The number of nitrogens with zero attached hydrogens (tertiary/aromatic N) is 2. The van der Waals surface area contributed by atoms with Crippen molar-refractivity contribution in [2.45, 2.75) is 19.6 Å². The van der Waals surface area contributed by atoms with E-state index in [4.69, 9.17) is 11.6 Å². The molecule has 0 bridgehead atoms. The Bertz CT molecular complexity index is 963. The van der Waals surface area contributed by atoms with Gasteiger partial charge in [-0.3, -0.25) is 4.72 Å². The first-order valence-electron chi connectivity index (χ1n) is 7.05. The third kappa shape index (κ3) is 3.33. The number of benzene rings is 1. The maximum atomic E-state index is 12.4. The Labute approximate surface area is 140 Å². The fourth-order valence-electron chi connectivity index (χ4n) is 2.38. The number of pyridine rings is 1. The van der Waals surface area contributed by atoms with Crippen LogP contribution in [0, 0.1) is 13.8 Å². The Morgan fingerprint density at radius 1 is 1.17 bits per heavy atom. The van der Waals surface area contributed by atoms with E-state index in [1.54, 1.807) is 36.4 Å². The van der Waals surface area contributed by atoms with Crippen molar-refractivity contribution in [3.05, 3.63) is 64.6 Å². The standard InChI is InChI=1S/C16H16ClN3O2S/c1-11-12(2)20-9-3-4-15(16(20)18-11)19-23(21,22)10-13-5-7-14(17)8-6-13/h3-9,19H,10H2,1-2H3. The molecule has 0 saturated carbocycles. The highest BCUT2D eigenvalue weighted by Crippen LogP contribution is 2.21. The monoisotopic (exact) mass is 349 g/mol. The van der Waals surface area contributed by atoms with Crippen LogP contribution in [0.4, 0.5) is 5.69 Å². The van der Waals surface area contributed by atoms with E-state index < -0.39 is 10.0 Å². The molecule has 1 N–H and O–H groups in total. The molecule has 120 valence electrons. The van der Waals surface area contributed by atoms with Crippen molar-refractivity contribution >= 4 is 33.0 Å². The third-order valence-electron chi connectivity index (χ3n) is 3.66. The van der Waals surface area contributed by atoms with Gasteiger partial charge in [-0.25, -0.2) is 13.4 Å². The van der Waals surface area contributed by atoms with Crippen molar-refractivity contribution in [3.63, 3.8) is 0 Å². The summed E-state index contributed by atoms with van der Waals surface area (Å²) in [4.78, 5) is 4.43. The molecule has 5 nitrogen and oxygen atoms in total. The molecule has 0 amide bonds. The van der Waals surface area contributed by atoms with E-state index in [0.29, 0.717) is 21.9 Å². The zero-order chi connectivity index (χ0) is 16.6. The van der Waals surface area contributed by atoms with Gasteiger partial charge in [-0.15, -0.1) is 0 Å². The first kappa shape index (κ1) is 15.8. The van der Waals surface area contributed by atoms with Gasteiger partial charge in [0.2, 0.25) is 10.0 Å². The number of nitrogens with one attached hydrogen (secondary N) is 1. The first-order chi connectivity index (χ1) is 10.9. The zero-order valence-corrected chi connectivity index (χ0v) is 14.3. The second-order valence-electron chi connectivity index (χ2n) is 5.39. The van der Waals surface area contributed by atoms with Crippen molar-refractivity contribution < 1.29 is 8.42 Å². The van der Waals surface area contributed by atoms with Gasteiger partial charge in [-0.05, 0) is 43.7 Å². The van der Waals surface area contributed by atoms with Crippen molar-refractivity contribution in [3.8, 4) is 0 Å². The highest BCUT2D eigenvalue weighted by molar-refractivity contribution is 7.91. The van der Waals surface area contributed by atoms with Gasteiger partial charge in [0.15, 0.2) is 5.65 Å². The van der Waals surface area contributed by atoms with Crippen LogP contribution in [-0.4, -0.2) is 17.8 Å². The molecule has 0 aliphatic carbocycles. The molecule has 0 unspecified atom stereocenters. The number of aryl methyl sites for hydroxylation is 2. The minimum Gasteiger partial charge on any atom is -0.302 e. The molecular weight excluding hydrogens is 334 g/mol. The Balaban J connectivity index is 1.91. The summed E-state index contributed by atoms with van der Waals surface area (Å²) in [6.45, 7) is 3.84. The van der Waals surface area contributed by atoms with Crippen molar-refractivity contribution in [2.75, 3.05) is 4.72 Å². The van der Waals surface area contributed by atoms with E-state index in [1.807, 2.05) is 24.4 Å². The van der Waals surface area contributed by atoms with Gasteiger partial charge in [0.1, 0.15) is 0 Å². The third-order valence-corrected chi connectivity index (χ3v) is 5.16. The van der Waals surface area contributed by atoms with Gasteiger partial charge < -0.3 is 4.40 Å². The molecule has 3 rings (SSSR count). The SMILES string of the molecule is Cc1nc2c(NS(=O)(=O)Cc3ccc(Cl)cc3)cccn2c1C. The van der Waals surface area contributed by atoms with Crippen LogP contribution in [0.15, 0.2) is 42.6 Å². The smallest absolute Gasteiger partial charge is 0.237 e. The molecule has 0 radical (unpaired) electrons. The molecule has 0 fully saturated rings. The maximum absolute atomic E-state index is 12.4. The summed E-state index contributed by atoms with van der Waals surface area (Å²) in [6, 6.07) is 10.3. The number of halogens is 1. The van der Waals surface area contributed by atoms with E-state index in [9.17, 15) is 8.42 Å². The lowest BCUT2D eigenvalue weighted by Gasteiger charge is -2.09. The number of aromatic nitrogens is 2. The fraction of sp³-hybridized carbons (Fsp3) is 0.188. The molecule has 0 aliphatic rings. The quantitative estimate of drug-likeness (QED) is 0.783. The lowest BCUT2D eigenvalue weighted by molar-refractivity contribution is 0.600. The van der Waals surface area contributed by atoms with E-state index in [-0.39, 0.29) is 5.75 Å². The number of anilines is 1. The summed E-state index contributed by atoms with van der Waals surface area (Å²) in [5.74, 6) is -0.121. The number of sulfonamides is 1. The number of fused-ring (bicyclic) bond motifs is 1. The lowest BCUT2D eigenvalue weighted by atomic mass is 10.2. The fourth-order valence-corrected chi connectivity index (χ4v) is 3.71. The van der Waals surface area contributed by atoms with Crippen LogP contribution in [0.2, 0.25) is 5.02 Å². The van der Waals surface area contributed by atoms with Crippen molar-refractivity contribution in [2.24, 2.45) is 0 Å². The largest absolute Gasteiger partial charge is 0.302 e. The summed E-state index contributed by atoms with van der Waals surface area (Å²) in [5, 5.41) is 0.576. The predicted molar refractivity (Wildman–Crippen MR) is 92.4 cm³/mol. The zero-order valence-electron chi connectivity index (χ0n) is 12.7. The molecule has 0 aliphatic heterocycles. The minimum atomic E-state index is -3.54. The van der Waals surface area contributed by atoms with Crippen molar-refractivity contribution in [1.29, 1.82) is 0 Å². The highest BCUT2D eigenvalue weighted by Gasteiger charge is 2.15. The molecule has 1 aromatic carbocycles. The van der Waals surface area contributed by atoms with Gasteiger partial charge in [0.25, 0.3) is 0 Å². The average molecular weight is 350 g/mol. The molecule has 0 spiro atoms.